The number of hydrogen-bond donors (Lipinski definition) is 1. The Labute approximate surface area is 92.4 Å². The zero-order valence-corrected chi connectivity index (χ0v) is 9.76. The molecule has 0 saturated carbocycles. The van der Waals surface area contributed by atoms with Gasteiger partial charge in [0.2, 0.25) is 0 Å². The summed E-state index contributed by atoms with van der Waals surface area (Å²) >= 11 is 6.69. The van der Waals surface area contributed by atoms with Crippen LogP contribution in [0.5, 0.6) is 0 Å². The van der Waals surface area contributed by atoms with Gasteiger partial charge in [-0.1, -0.05) is 24.3 Å². The average Bonchev–Trinajstić information content (AvgIpc) is 2.15. The van der Waals surface area contributed by atoms with Crippen molar-refractivity contribution in [3.05, 3.63) is 33.5 Å². The van der Waals surface area contributed by atoms with Crippen molar-refractivity contribution >= 4 is 48.3 Å². The standard InChI is InChI=1S/C9H6Br2N2/c10-8-6-4-2-1-3-5(6)7(12)9(11)13-8/h1-4H,12H2. The third-order valence-corrected chi connectivity index (χ3v) is 3.07. The maximum atomic E-state index is 5.86. The van der Waals surface area contributed by atoms with Gasteiger partial charge in [0.25, 0.3) is 0 Å². The van der Waals surface area contributed by atoms with Crippen molar-refractivity contribution in [2.75, 3.05) is 5.73 Å². The second-order valence-corrected chi connectivity index (χ2v) is 4.15. The molecule has 13 heavy (non-hydrogen) atoms. The van der Waals surface area contributed by atoms with Crippen LogP contribution in [0.1, 0.15) is 0 Å². The maximum absolute atomic E-state index is 5.86. The van der Waals surface area contributed by atoms with E-state index in [0.29, 0.717) is 10.3 Å². The van der Waals surface area contributed by atoms with Crippen LogP contribution in [-0.4, -0.2) is 4.98 Å². The molecule has 4 heteroatoms. The lowest BCUT2D eigenvalue weighted by Crippen LogP contribution is -1.92. The summed E-state index contributed by atoms with van der Waals surface area (Å²) in [5, 5.41) is 2.04. The van der Waals surface area contributed by atoms with Gasteiger partial charge >= 0.3 is 0 Å². The highest BCUT2D eigenvalue weighted by Crippen LogP contribution is 2.31. The van der Waals surface area contributed by atoms with Crippen LogP contribution in [0.2, 0.25) is 0 Å². The number of benzene rings is 1. The number of hydrogen-bond acceptors (Lipinski definition) is 2. The molecule has 0 bridgehead atoms. The van der Waals surface area contributed by atoms with Crippen molar-refractivity contribution in [1.29, 1.82) is 0 Å². The first kappa shape index (κ1) is 8.97. The molecule has 0 aliphatic rings. The molecule has 2 aromatic rings. The molecule has 0 spiro atoms. The molecular formula is C9H6Br2N2. The van der Waals surface area contributed by atoms with E-state index in [1.807, 2.05) is 24.3 Å². The molecule has 0 unspecified atom stereocenters. The Kier molecular flexibility index (Phi) is 2.26. The number of fused-ring (bicyclic) bond motifs is 1. The summed E-state index contributed by atoms with van der Waals surface area (Å²) in [7, 11) is 0. The van der Waals surface area contributed by atoms with E-state index in [1.165, 1.54) is 0 Å². The van der Waals surface area contributed by atoms with Crippen LogP contribution in [0.4, 0.5) is 5.69 Å². The van der Waals surface area contributed by atoms with Crippen LogP contribution in [-0.2, 0) is 0 Å². The van der Waals surface area contributed by atoms with E-state index < -0.39 is 0 Å². The van der Waals surface area contributed by atoms with Gasteiger partial charge in [0.15, 0.2) is 0 Å². The van der Waals surface area contributed by atoms with E-state index in [-0.39, 0.29) is 0 Å². The fourth-order valence-electron chi connectivity index (χ4n) is 1.22. The summed E-state index contributed by atoms with van der Waals surface area (Å²) in [5.74, 6) is 0. The third kappa shape index (κ3) is 1.44. The van der Waals surface area contributed by atoms with E-state index in [2.05, 4.69) is 36.8 Å². The molecule has 0 saturated heterocycles. The summed E-state index contributed by atoms with van der Waals surface area (Å²) < 4.78 is 1.49. The molecule has 0 atom stereocenters. The quantitative estimate of drug-likeness (QED) is 0.758. The largest absolute Gasteiger partial charge is 0.396 e. The van der Waals surface area contributed by atoms with E-state index in [4.69, 9.17) is 5.73 Å². The topological polar surface area (TPSA) is 38.9 Å². The number of pyridine rings is 1. The number of nitrogen functional groups attached to an aromatic ring is 1. The molecule has 66 valence electrons. The van der Waals surface area contributed by atoms with Crippen LogP contribution in [0.25, 0.3) is 10.8 Å². The summed E-state index contributed by atoms with van der Waals surface area (Å²) in [4.78, 5) is 4.21. The van der Waals surface area contributed by atoms with Crippen LogP contribution in [0.15, 0.2) is 33.5 Å². The fraction of sp³-hybridized carbons (Fsp3) is 0. The minimum atomic E-state index is 0.679. The van der Waals surface area contributed by atoms with Crippen LogP contribution < -0.4 is 5.73 Å². The molecular weight excluding hydrogens is 296 g/mol. The lowest BCUT2D eigenvalue weighted by atomic mass is 10.1. The second kappa shape index (κ2) is 3.27. The number of nitrogens with two attached hydrogens (primary N) is 1. The summed E-state index contributed by atoms with van der Waals surface area (Å²) in [5.41, 5.74) is 6.54. The first-order valence-corrected chi connectivity index (χ1v) is 5.28. The normalized spacial score (nSPS) is 10.6. The summed E-state index contributed by atoms with van der Waals surface area (Å²) in [6.07, 6.45) is 0. The van der Waals surface area contributed by atoms with Gasteiger partial charge in [0.1, 0.15) is 9.21 Å². The Morgan fingerprint density at radius 1 is 1.00 bits per heavy atom. The Hall–Kier alpha value is -0.610. The number of aromatic nitrogens is 1. The van der Waals surface area contributed by atoms with Gasteiger partial charge in [-0.2, -0.15) is 0 Å². The van der Waals surface area contributed by atoms with Crippen LogP contribution in [0.3, 0.4) is 0 Å². The molecule has 0 fully saturated rings. The number of nitrogens with zero attached hydrogens (tertiary/aromatic N) is 1. The predicted octanol–water partition coefficient (Wildman–Crippen LogP) is 3.34. The van der Waals surface area contributed by atoms with Crippen molar-refractivity contribution in [2.45, 2.75) is 0 Å². The van der Waals surface area contributed by atoms with Crippen molar-refractivity contribution < 1.29 is 0 Å². The number of halogens is 2. The van der Waals surface area contributed by atoms with Crippen LogP contribution >= 0.6 is 31.9 Å². The highest BCUT2D eigenvalue weighted by Gasteiger charge is 2.06. The zero-order valence-electron chi connectivity index (χ0n) is 6.59. The Balaban J connectivity index is 2.97. The van der Waals surface area contributed by atoms with Gasteiger partial charge in [-0.05, 0) is 31.9 Å². The molecule has 1 aromatic heterocycles. The molecule has 0 aliphatic heterocycles. The second-order valence-electron chi connectivity index (χ2n) is 2.65. The number of anilines is 1. The summed E-state index contributed by atoms with van der Waals surface area (Å²) in [6, 6.07) is 7.87. The first-order valence-electron chi connectivity index (χ1n) is 3.69. The van der Waals surface area contributed by atoms with Crippen molar-refractivity contribution in [3.63, 3.8) is 0 Å². The average molecular weight is 302 g/mol. The molecule has 1 aromatic carbocycles. The SMILES string of the molecule is Nc1c(Br)nc(Br)c2ccccc12. The molecule has 0 amide bonds. The van der Waals surface area contributed by atoms with Gasteiger partial charge in [0, 0.05) is 10.8 Å². The molecule has 2 rings (SSSR count). The third-order valence-electron chi connectivity index (χ3n) is 1.86. The lowest BCUT2D eigenvalue weighted by Gasteiger charge is -2.04. The smallest absolute Gasteiger partial charge is 0.130 e. The fourth-order valence-corrected chi connectivity index (χ4v) is 2.37. The highest BCUT2D eigenvalue weighted by molar-refractivity contribution is 9.11. The van der Waals surface area contributed by atoms with E-state index in [9.17, 15) is 0 Å². The van der Waals surface area contributed by atoms with E-state index in [0.717, 1.165) is 15.4 Å². The monoisotopic (exact) mass is 300 g/mol. The Morgan fingerprint density at radius 3 is 2.31 bits per heavy atom. The predicted molar refractivity (Wildman–Crippen MR) is 61.6 cm³/mol. The van der Waals surface area contributed by atoms with Gasteiger partial charge in [0.05, 0.1) is 5.69 Å². The summed E-state index contributed by atoms with van der Waals surface area (Å²) in [6.45, 7) is 0. The molecule has 0 aliphatic carbocycles. The van der Waals surface area contributed by atoms with E-state index >= 15 is 0 Å². The van der Waals surface area contributed by atoms with E-state index in [1.54, 1.807) is 0 Å². The molecule has 1 heterocycles. The Morgan fingerprint density at radius 2 is 1.62 bits per heavy atom. The van der Waals surface area contributed by atoms with Gasteiger partial charge < -0.3 is 5.73 Å². The van der Waals surface area contributed by atoms with Crippen LogP contribution in [0, 0.1) is 0 Å². The molecule has 2 nitrogen and oxygen atoms in total. The highest BCUT2D eigenvalue weighted by atomic mass is 79.9. The van der Waals surface area contributed by atoms with Crippen molar-refractivity contribution in [3.8, 4) is 0 Å². The minimum absolute atomic E-state index is 0.679. The molecule has 0 radical (unpaired) electrons. The minimum Gasteiger partial charge on any atom is -0.396 e. The van der Waals surface area contributed by atoms with Gasteiger partial charge in [-0.3, -0.25) is 0 Å². The lowest BCUT2D eigenvalue weighted by molar-refractivity contribution is 1.27. The van der Waals surface area contributed by atoms with Gasteiger partial charge in [-0.15, -0.1) is 0 Å². The maximum Gasteiger partial charge on any atom is 0.130 e. The van der Waals surface area contributed by atoms with Crippen molar-refractivity contribution in [1.82, 2.24) is 4.98 Å². The Bertz CT molecular complexity index is 468. The molecule has 2 N–H and O–H groups in total. The van der Waals surface area contributed by atoms with Gasteiger partial charge in [-0.25, -0.2) is 4.98 Å². The number of rotatable bonds is 0. The zero-order chi connectivity index (χ0) is 9.42. The van der Waals surface area contributed by atoms with Crippen molar-refractivity contribution in [2.24, 2.45) is 0 Å². The first-order chi connectivity index (χ1) is 6.20.